The van der Waals surface area contributed by atoms with Gasteiger partial charge in [-0.2, -0.15) is 0 Å². The van der Waals surface area contributed by atoms with Crippen molar-refractivity contribution >= 4 is 23.4 Å². The Balaban J connectivity index is 1.81. The molecule has 174 valence electrons. The van der Waals surface area contributed by atoms with E-state index in [1.807, 2.05) is 45.9 Å². The molecule has 3 saturated heterocycles. The summed E-state index contributed by atoms with van der Waals surface area (Å²) in [6, 6.07) is 4.26. The Hall–Kier alpha value is -2.45. The first-order valence-electron chi connectivity index (χ1n) is 11.2. The van der Waals surface area contributed by atoms with Gasteiger partial charge in [0.1, 0.15) is 11.6 Å². The van der Waals surface area contributed by atoms with Crippen LogP contribution in [0.25, 0.3) is 0 Å². The number of ether oxygens (including phenoxy) is 1. The fraction of sp³-hybridized carbons (Fsp3) is 0.625. The van der Waals surface area contributed by atoms with Crippen LogP contribution in [0.1, 0.15) is 38.3 Å². The maximum Gasteiger partial charge on any atom is 0.250 e. The summed E-state index contributed by atoms with van der Waals surface area (Å²) in [6.07, 6.45) is 0.493. The van der Waals surface area contributed by atoms with E-state index in [1.54, 1.807) is 14.0 Å². The zero-order chi connectivity index (χ0) is 23.6. The molecule has 1 spiro atoms. The molecule has 3 heterocycles. The first-order valence-corrected chi connectivity index (χ1v) is 11.2. The highest BCUT2D eigenvalue weighted by Crippen LogP contribution is 2.65. The number of carbonyl (C=O) groups excluding carboxylic acids is 3. The second kappa shape index (κ2) is 7.56. The van der Waals surface area contributed by atoms with Crippen molar-refractivity contribution in [2.75, 3.05) is 19.0 Å². The molecule has 32 heavy (non-hydrogen) atoms. The summed E-state index contributed by atoms with van der Waals surface area (Å²) < 4.78 is 6.57. The number of nitrogens with one attached hydrogen (secondary N) is 2. The first-order chi connectivity index (χ1) is 15.0. The SMILES string of the molecule is CNC(=O)[C@@H]1[C@H]2C(=O)N([C@H](C)CO)C(C(=O)Nc3cc(C)ccc3C)C23CC(C)[C@@]1(C)O3. The molecule has 3 aliphatic heterocycles. The fourth-order valence-electron chi connectivity index (χ4n) is 6.17. The lowest BCUT2D eigenvalue weighted by Crippen LogP contribution is -2.56. The molecule has 1 aromatic rings. The average molecular weight is 444 g/mol. The zero-order valence-electron chi connectivity index (χ0n) is 19.6. The van der Waals surface area contributed by atoms with Crippen LogP contribution in [0.4, 0.5) is 5.69 Å². The molecule has 1 aromatic carbocycles. The van der Waals surface area contributed by atoms with Crippen molar-refractivity contribution in [3.8, 4) is 0 Å². The fourth-order valence-corrected chi connectivity index (χ4v) is 6.17. The van der Waals surface area contributed by atoms with E-state index in [4.69, 9.17) is 4.74 Å². The lowest BCUT2D eigenvalue weighted by molar-refractivity contribution is -0.148. The van der Waals surface area contributed by atoms with E-state index < -0.39 is 35.1 Å². The van der Waals surface area contributed by atoms with Gasteiger partial charge in [-0.05, 0) is 57.2 Å². The zero-order valence-corrected chi connectivity index (χ0v) is 19.6. The Labute approximate surface area is 188 Å². The molecule has 0 saturated carbocycles. The third-order valence-corrected chi connectivity index (χ3v) is 7.92. The van der Waals surface area contributed by atoms with Gasteiger partial charge in [0.2, 0.25) is 17.7 Å². The number of fused-ring (bicyclic) bond motifs is 1. The minimum absolute atomic E-state index is 0.0192. The number of amides is 3. The van der Waals surface area contributed by atoms with Crippen molar-refractivity contribution < 1.29 is 24.2 Å². The van der Waals surface area contributed by atoms with Crippen molar-refractivity contribution in [1.82, 2.24) is 10.2 Å². The maximum absolute atomic E-state index is 13.8. The lowest BCUT2D eigenvalue weighted by Gasteiger charge is -2.36. The summed E-state index contributed by atoms with van der Waals surface area (Å²) in [5, 5.41) is 15.6. The molecule has 8 heteroatoms. The van der Waals surface area contributed by atoms with E-state index in [2.05, 4.69) is 10.6 Å². The number of carbonyl (C=O) groups is 3. The topological polar surface area (TPSA) is 108 Å². The monoisotopic (exact) mass is 443 g/mol. The minimum atomic E-state index is -1.12. The predicted octanol–water partition coefficient (Wildman–Crippen LogP) is 1.38. The summed E-state index contributed by atoms with van der Waals surface area (Å²) in [5.41, 5.74) is 0.627. The van der Waals surface area contributed by atoms with Crippen LogP contribution in [-0.2, 0) is 19.1 Å². The number of aryl methyl sites for hydroxylation is 2. The van der Waals surface area contributed by atoms with Crippen LogP contribution < -0.4 is 10.6 Å². The van der Waals surface area contributed by atoms with Gasteiger partial charge in [-0.1, -0.05) is 19.1 Å². The maximum atomic E-state index is 13.8. The van der Waals surface area contributed by atoms with Crippen LogP contribution in [0.2, 0.25) is 0 Å². The minimum Gasteiger partial charge on any atom is -0.394 e. The number of benzene rings is 1. The van der Waals surface area contributed by atoms with Gasteiger partial charge in [0.05, 0.1) is 30.1 Å². The molecular formula is C24H33N3O5. The van der Waals surface area contributed by atoms with E-state index in [0.717, 1.165) is 11.1 Å². The third-order valence-electron chi connectivity index (χ3n) is 7.92. The Morgan fingerprint density at radius 3 is 2.62 bits per heavy atom. The van der Waals surface area contributed by atoms with Gasteiger partial charge in [-0.25, -0.2) is 0 Å². The van der Waals surface area contributed by atoms with Crippen molar-refractivity contribution in [2.45, 2.75) is 64.3 Å². The molecule has 0 aromatic heterocycles. The number of anilines is 1. The molecule has 2 bridgehead atoms. The van der Waals surface area contributed by atoms with E-state index in [1.165, 1.54) is 4.90 Å². The normalized spacial score (nSPS) is 36.2. The highest BCUT2D eigenvalue weighted by Gasteiger charge is 2.80. The molecule has 3 unspecified atom stereocenters. The molecule has 0 aliphatic carbocycles. The summed E-state index contributed by atoms with van der Waals surface area (Å²) in [7, 11) is 1.55. The van der Waals surface area contributed by atoms with Crippen molar-refractivity contribution in [3.63, 3.8) is 0 Å². The van der Waals surface area contributed by atoms with E-state index >= 15 is 0 Å². The number of aliphatic hydroxyl groups excluding tert-OH is 1. The van der Waals surface area contributed by atoms with Crippen LogP contribution in [0.3, 0.4) is 0 Å². The molecule has 3 amide bonds. The summed E-state index contributed by atoms with van der Waals surface area (Å²) in [5.74, 6) is -2.41. The number of hydrogen-bond acceptors (Lipinski definition) is 5. The molecule has 4 rings (SSSR count). The first kappa shape index (κ1) is 22.7. The molecule has 7 atom stereocenters. The van der Waals surface area contributed by atoms with Gasteiger partial charge in [0.15, 0.2) is 0 Å². The van der Waals surface area contributed by atoms with Crippen molar-refractivity contribution in [1.29, 1.82) is 0 Å². The van der Waals surface area contributed by atoms with E-state index in [-0.39, 0.29) is 30.2 Å². The number of aliphatic hydroxyl groups is 1. The molecule has 3 fully saturated rings. The Bertz CT molecular complexity index is 980. The van der Waals surface area contributed by atoms with Gasteiger partial charge in [-0.3, -0.25) is 14.4 Å². The van der Waals surface area contributed by atoms with Crippen molar-refractivity contribution in [3.05, 3.63) is 29.3 Å². The number of nitrogens with zero attached hydrogens (tertiary/aromatic N) is 1. The van der Waals surface area contributed by atoms with Crippen LogP contribution >= 0.6 is 0 Å². The largest absolute Gasteiger partial charge is 0.394 e. The Morgan fingerprint density at radius 1 is 1.31 bits per heavy atom. The Kier molecular flexibility index (Phi) is 5.37. The predicted molar refractivity (Wildman–Crippen MR) is 119 cm³/mol. The van der Waals surface area contributed by atoms with E-state index in [0.29, 0.717) is 12.1 Å². The molecule has 0 radical (unpaired) electrons. The van der Waals surface area contributed by atoms with Gasteiger partial charge in [-0.15, -0.1) is 0 Å². The van der Waals surface area contributed by atoms with Gasteiger partial charge < -0.3 is 25.4 Å². The number of hydrogen-bond donors (Lipinski definition) is 3. The van der Waals surface area contributed by atoms with Gasteiger partial charge in [0, 0.05) is 12.7 Å². The molecule has 8 nitrogen and oxygen atoms in total. The highest BCUT2D eigenvalue weighted by atomic mass is 16.5. The van der Waals surface area contributed by atoms with Crippen LogP contribution in [0, 0.1) is 31.6 Å². The number of rotatable bonds is 5. The summed E-state index contributed by atoms with van der Waals surface area (Å²) >= 11 is 0. The summed E-state index contributed by atoms with van der Waals surface area (Å²) in [4.78, 5) is 41.9. The van der Waals surface area contributed by atoms with Gasteiger partial charge >= 0.3 is 0 Å². The van der Waals surface area contributed by atoms with Crippen LogP contribution in [0.5, 0.6) is 0 Å². The van der Waals surface area contributed by atoms with Crippen LogP contribution in [0.15, 0.2) is 18.2 Å². The molecular weight excluding hydrogens is 410 g/mol. The number of likely N-dealkylation sites (tertiary alicyclic amines) is 1. The van der Waals surface area contributed by atoms with Gasteiger partial charge in [0.25, 0.3) is 0 Å². The lowest BCUT2D eigenvalue weighted by atomic mass is 9.62. The standard InChI is InChI=1S/C24H33N3O5/c1-12-7-8-13(2)16(9-12)26-21(30)19-24-10-14(3)23(5,32-24)17(20(29)25-6)18(24)22(31)27(19)15(4)11-28/h7-9,14-15,17-19,28H,10-11H2,1-6H3,(H,25,29)(H,26,30)/t14?,15-,17+,18+,19?,23-,24?/m1/s1. The third kappa shape index (κ3) is 2.92. The second-order valence-electron chi connectivity index (χ2n) is 9.90. The quantitative estimate of drug-likeness (QED) is 0.637. The molecule has 3 aliphatic rings. The average Bonchev–Trinajstić information content (AvgIpc) is 3.26. The van der Waals surface area contributed by atoms with E-state index in [9.17, 15) is 19.5 Å². The van der Waals surface area contributed by atoms with Crippen molar-refractivity contribution in [2.24, 2.45) is 17.8 Å². The second-order valence-corrected chi connectivity index (χ2v) is 9.90. The van der Waals surface area contributed by atoms with Crippen LogP contribution in [-0.4, -0.2) is 64.7 Å². The molecule has 3 N–H and O–H groups in total. The summed E-state index contributed by atoms with van der Waals surface area (Å²) in [6.45, 7) is 9.15. The smallest absolute Gasteiger partial charge is 0.250 e. The highest BCUT2D eigenvalue weighted by molar-refractivity contribution is 6.04. The Morgan fingerprint density at radius 2 is 2.00 bits per heavy atom.